The largest absolute Gasteiger partial charge is 0.392 e. The molecular formula is C14H19NO3S. The molecule has 0 heterocycles. The van der Waals surface area contributed by atoms with Gasteiger partial charge in [-0.1, -0.05) is 24.6 Å². The molecule has 4 nitrogen and oxygen atoms in total. The van der Waals surface area contributed by atoms with Gasteiger partial charge >= 0.3 is 0 Å². The third kappa shape index (κ3) is 3.42. The van der Waals surface area contributed by atoms with Crippen LogP contribution in [0.15, 0.2) is 33.6 Å². The average Bonchev–Trinajstić information content (AvgIpc) is 2.34. The van der Waals surface area contributed by atoms with Crippen molar-refractivity contribution in [1.82, 2.24) is 0 Å². The summed E-state index contributed by atoms with van der Waals surface area (Å²) in [6, 6.07) is 6.64. The summed E-state index contributed by atoms with van der Waals surface area (Å²) < 4.78 is 28.1. The number of rotatable bonds is 2. The van der Waals surface area contributed by atoms with Gasteiger partial charge in [-0.3, -0.25) is 0 Å². The van der Waals surface area contributed by atoms with E-state index in [1.54, 1.807) is 24.3 Å². The van der Waals surface area contributed by atoms with Gasteiger partial charge in [0.1, 0.15) is 0 Å². The molecule has 0 bridgehead atoms. The minimum absolute atomic E-state index is 0.207. The second-order valence-electron chi connectivity index (χ2n) is 5.23. The minimum atomic E-state index is -3.64. The molecule has 0 amide bonds. The van der Waals surface area contributed by atoms with Gasteiger partial charge in [0.2, 0.25) is 0 Å². The van der Waals surface area contributed by atoms with Gasteiger partial charge in [0.15, 0.2) is 0 Å². The molecular weight excluding hydrogens is 262 g/mol. The van der Waals surface area contributed by atoms with Crippen LogP contribution in [0, 0.1) is 12.8 Å². The van der Waals surface area contributed by atoms with Crippen LogP contribution in [0.1, 0.15) is 31.7 Å². The van der Waals surface area contributed by atoms with Crippen LogP contribution < -0.4 is 0 Å². The van der Waals surface area contributed by atoms with Crippen molar-refractivity contribution in [3.63, 3.8) is 0 Å². The van der Waals surface area contributed by atoms with Gasteiger partial charge < -0.3 is 5.11 Å². The van der Waals surface area contributed by atoms with E-state index in [4.69, 9.17) is 0 Å². The van der Waals surface area contributed by atoms with Gasteiger partial charge in [0, 0.05) is 12.1 Å². The van der Waals surface area contributed by atoms with Crippen LogP contribution >= 0.6 is 0 Å². The summed E-state index contributed by atoms with van der Waals surface area (Å²) in [5.74, 6) is 0.209. The summed E-state index contributed by atoms with van der Waals surface area (Å²) in [4.78, 5) is 0.207. The van der Waals surface area contributed by atoms with Crippen LogP contribution in [-0.4, -0.2) is 25.3 Å². The van der Waals surface area contributed by atoms with Crippen molar-refractivity contribution < 1.29 is 13.5 Å². The van der Waals surface area contributed by atoms with Gasteiger partial charge in [0.25, 0.3) is 10.0 Å². The van der Waals surface area contributed by atoms with Crippen LogP contribution in [0.3, 0.4) is 0 Å². The molecule has 1 N–H and O–H groups in total. The van der Waals surface area contributed by atoms with Crippen LogP contribution in [0.25, 0.3) is 0 Å². The number of sulfonamides is 1. The standard InChI is InChI=1S/C14H19NO3S/c1-10-3-7-13(8-4-10)19(17,18)15-12-6-5-11(2)14(16)9-12/h3-4,7-8,11,14,16H,5-6,9H2,1-2H3/t11-,14-/m1/s1. The van der Waals surface area contributed by atoms with Crippen LogP contribution in [0.5, 0.6) is 0 Å². The number of aliphatic hydroxyl groups is 1. The molecule has 1 aliphatic carbocycles. The highest BCUT2D eigenvalue weighted by atomic mass is 32.2. The van der Waals surface area contributed by atoms with E-state index in [-0.39, 0.29) is 10.8 Å². The van der Waals surface area contributed by atoms with Crippen molar-refractivity contribution in [2.45, 2.75) is 44.1 Å². The Morgan fingerprint density at radius 1 is 1.26 bits per heavy atom. The first kappa shape index (κ1) is 14.2. The normalized spacial score (nSPS) is 26.6. The molecule has 0 saturated heterocycles. The first-order chi connectivity index (χ1) is 8.88. The fraction of sp³-hybridized carbons (Fsp3) is 0.500. The Hall–Kier alpha value is -1.20. The molecule has 1 fully saturated rings. The first-order valence-corrected chi connectivity index (χ1v) is 7.90. The molecule has 0 aromatic heterocycles. The molecule has 2 atom stereocenters. The van der Waals surface area contributed by atoms with Gasteiger partial charge in [-0.05, 0) is 37.8 Å². The molecule has 5 heteroatoms. The van der Waals surface area contributed by atoms with E-state index in [0.29, 0.717) is 18.6 Å². The van der Waals surface area contributed by atoms with Crippen LogP contribution in [0.2, 0.25) is 0 Å². The first-order valence-electron chi connectivity index (χ1n) is 6.46. The maximum absolute atomic E-state index is 12.1. The second-order valence-corrected chi connectivity index (χ2v) is 6.84. The fourth-order valence-electron chi connectivity index (χ4n) is 2.15. The molecule has 1 aromatic rings. The number of aryl methyl sites for hydroxylation is 1. The Balaban J connectivity index is 2.24. The molecule has 1 saturated carbocycles. The Labute approximate surface area is 114 Å². The quantitative estimate of drug-likeness (QED) is 0.904. The Kier molecular flexibility index (Phi) is 4.06. The summed E-state index contributed by atoms with van der Waals surface area (Å²) in [6.45, 7) is 3.87. The molecule has 0 radical (unpaired) electrons. The SMILES string of the molecule is Cc1ccc(S(=O)(=O)N=C2CC[C@@H](C)[C@H](O)C2)cc1. The van der Waals surface area contributed by atoms with Crippen LogP contribution in [-0.2, 0) is 10.0 Å². The lowest BCUT2D eigenvalue weighted by atomic mass is 9.87. The van der Waals surface area contributed by atoms with E-state index in [0.717, 1.165) is 12.0 Å². The predicted molar refractivity (Wildman–Crippen MR) is 74.8 cm³/mol. The van der Waals surface area contributed by atoms with Gasteiger partial charge in [-0.2, -0.15) is 12.8 Å². The Morgan fingerprint density at radius 2 is 1.89 bits per heavy atom. The third-order valence-electron chi connectivity index (χ3n) is 3.56. The van der Waals surface area contributed by atoms with Gasteiger partial charge in [-0.15, -0.1) is 0 Å². The molecule has 0 spiro atoms. The lowest BCUT2D eigenvalue weighted by molar-refractivity contribution is 0.111. The van der Waals surface area contributed by atoms with Crippen molar-refractivity contribution in [1.29, 1.82) is 0 Å². The van der Waals surface area contributed by atoms with Crippen molar-refractivity contribution in [3.8, 4) is 0 Å². The van der Waals surface area contributed by atoms with Crippen molar-refractivity contribution in [2.75, 3.05) is 0 Å². The summed E-state index contributed by atoms with van der Waals surface area (Å²) in [6.07, 6.45) is 1.29. The number of nitrogens with zero attached hydrogens (tertiary/aromatic N) is 1. The van der Waals surface area contributed by atoms with Crippen LogP contribution in [0.4, 0.5) is 0 Å². The number of benzene rings is 1. The van der Waals surface area contributed by atoms with Crippen molar-refractivity contribution in [3.05, 3.63) is 29.8 Å². The van der Waals surface area contributed by atoms with E-state index >= 15 is 0 Å². The zero-order chi connectivity index (χ0) is 14.0. The number of aliphatic hydroxyl groups excluding tert-OH is 1. The van der Waals surface area contributed by atoms with Crippen molar-refractivity contribution in [2.24, 2.45) is 10.3 Å². The van der Waals surface area contributed by atoms with E-state index < -0.39 is 16.1 Å². The number of hydrogen-bond donors (Lipinski definition) is 1. The summed E-state index contributed by atoms with van der Waals surface area (Å²) >= 11 is 0. The maximum atomic E-state index is 12.1. The zero-order valence-corrected chi connectivity index (χ0v) is 12.0. The molecule has 0 aliphatic heterocycles. The summed E-state index contributed by atoms with van der Waals surface area (Å²) in [5.41, 5.74) is 1.58. The number of hydrogen-bond acceptors (Lipinski definition) is 3. The summed E-state index contributed by atoms with van der Waals surface area (Å²) in [7, 11) is -3.64. The molecule has 104 valence electrons. The molecule has 1 aliphatic rings. The highest BCUT2D eigenvalue weighted by Gasteiger charge is 2.24. The maximum Gasteiger partial charge on any atom is 0.282 e. The van der Waals surface area contributed by atoms with Gasteiger partial charge in [-0.25, -0.2) is 0 Å². The van der Waals surface area contributed by atoms with E-state index in [1.165, 1.54) is 0 Å². The third-order valence-corrected chi connectivity index (χ3v) is 4.92. The smallest absolute Gasteiger partial charge is 0.282 e. The molecule has 1 aromatic carbocycles. The van der Waals surface area contributed by atoms with E-state index in [2.05, 4.69) is 4.40 Å². The zero-order valence-electron chi connectivity index (χ0n) is 11.2. The van der Waals surface area contributed by atoms with Gasteiger partial charge in [0.05, 0.1) is 11.0 Å². The second kappa shape index (κ2) is 5.43. The highest BCUT2D eigenvalue weighted by molar-refractivity contribution is 7.90. The lowest BCUT2D eigenvalue weighted by Gasteiger charge is -2.25. The molecule has 0 unspecified atom stereocenters. The Morgan fingerprint density at radius 3 is 2.47 bits per heavy atom. The van der Waals surface area contributed by atoms with E-state index in [1.807, 2.05) is 13.8 Å². The predicted octanol–water partition coefficient (Wildman–Crippen LogP) is 2.31. The monoisotopic (exact) mass is 281 g/mol. The van der Waals surface area contributed by atoms with E-state index in [9.17, 15) is 13.5 Å². The minimum Gasteiger partial charge on any atom is -0.392 e. The fourth-order valence-corrected chi connectivity index (χ4v) is 3.24. The summed E-state index contributed by atoms with van der Waals surface area (Å²) in [5, 5.41) is 9.78. The highest BCUT2D eigenvalue weighted by Crippen LogP contribution is 2.24. The van der Waals surface area contributed by atoms with Crippen molar-refractivity contribution >= 4 is 15.7 Å². The average molecular weight is 281 g/mol. The molecule has 2 rings (SSSR count). The lowest BCUT2D eigenvalue weighted by Crippen LogP contribution is -2.28. The Bertz CT molecular complexity index is 575. The molecule has 19 heavy (non-hydrogen) atoms. The topological polar surface area (TPSA) is 66.7 Å².